The Bertz CT molecular complexity index is 604. The lowest BCUT2D eigenvalue weighted by atomic mass is 10.0. The average molecular weight is 243 g/mol. The summed E-state index contributed by atoms with van der Waals surface area (Å²) in [6.45, 7) is 7.84. The SMILES string of the molecule is Cc1cc(C)c(-n2c(C)ccc2C)c(C(=O)O)c1. The van der Waals surface area contributed by atoms with Gasteiger partial charge in [0.15, 0.2) is 0 Å². The summed E-state index contributed by atoms with van der Waals surface area (Å²) in [7, 11) is 0. The summed E-state index contributed by atoms with van der Waals surface area (Å²) >= 11 is 0. The molecule has 0 radical (unpaired) electrons. The average Bonchev–Trinajstić information content (AvgIpc) is 2.58. The molecule has 1 heterocycles. The van der Waals surface area contributed by atoms with Crippen molar-refractivity contribution in [2.24, 2.45) is 0 Å². The molecule has 2 rings (SSSR count). The first-order valence-corrected chi connectivity index (χ1v) is 5.91. The number of nitrogens with zero attached hydrogens (tertiary/aromatic N) is 1. The van der Waals surface area contributed by atoms with Gasteiger partial charge in [0.05, 0.1) is 11.3 Å². The summed E-state index contributed by atoms with van der Waals surface area (Å²) in [6.07, 6.45) is 0. The molecule has 3 heteroatoms. The number of aromatic carboxylic acids is 1. The predicted octanol–water partition coefficient (Wildman–Crippen LogP) is 3.41. The first-order valence-electron chi connectivity index (χ1n) is 5.91. The van der Waals surface area contributed by atoms with E-state index in [-0.39, 0.29) is 0 Å². The minimum atomic E-state index is -0.885. The summed E-state index contributed by atoms with van der Waals surface area (Å²) in [5, 5.41) is 9.38. The molecule has 0 atom stereocenters. The molecule has 0 amide bonds. The molecule has 0 saturated heterocycles. The second-order valence-electron chi connectivity index (χ2n) is 4.73. The molecule has 0 spiro atoms. The summed E-state index contributed by atoms with van der Waals surface area (Å²) in [4.78, 5) is 11.4. The number of benzene rings is 1. The minimum Gasteiger partial charge on any atom is -0.478 e. The monoisotopic (exact) mass is 243 g/mol. The van der Waals surface area contributed by atoms with E-state index in [1.54, 1.807) is 6.07 Å². The van der Waals surface area contributed by atoms with Crippen molar-refractivity contribution in [3.63, 3.8) is 0 Å². The number of hydrogen-bond acceptors (Lipinski definition) is 1. The van der Waals surface area contributed by atoms with Crippen LogP contribution in [-0.2, 0) is 0 Å². The number of carbonyl (C=O) groups is 1. The largest absolute Gasteiger partial charge is 0.478 e. The second-order valence-corrected chi connectivity index (χ2v) is 4.73. The van der Waals surface area contributed by atoms with E-state index in [0.29, 0.717) is 5.56 Å². The maximum absolute atomic E-state index is 11.4. The van der Waals surface area contributed by atoms with Crippen LogP contribution in [0, 0.1) is 27.7 Å². The third kappa shape index (κ3) is 1.92. The van der Waals surface area contributed by atoms with E-state index >= 15 is 0 Å². The van der Waals surface area contributed by atoms with Crippen molar-refractivity contribution in [1.82, 2.24) is 4.57 Å². The molecule has 0 aliphatic rings. The van der Waals surface area contributed by atoms with Crippen LogP contribution in [-0.4, -0.2) is 15.6 Å². The van der Waals surface area contributed by atoms with Crippen molar-refractivity contribution >= 4 is 5.97 Å². The second kappa shape index (κ2) is 4.33. The van der Waals surface area contributed by atoms with Crippen molar-refractivity contribution in [2.45, 2.75) is 27.7 Å². The number of aromatic nitrogens is 1. The third-order valence-corrected chi connectivity index (χ3v) is 3.17. The number of carboxylic acid groups (broad SMARTS) is 1. The molecule has 0 aliphatic heterocycles. The number of carboxylic acids is 1. The summed E-state index contributed by atoms with van der Waals surface area (Å²) in [6, 6.07) is 7.74. The van der Waals surface area contributed by atoms with E-state index < -0.39 is 5.97 Å². The number of aryl methyl sites for hydroxylation is 4. The lowest BCUT2D eigenvalue weighted by Gasteiger charge is -2.16. The Hall–Kier alpha value is -2.03. The molecule has 0 unspecified atom stereocenters. The molecule has 3 nitrogen and oxygen atoms in total. The molecular weight excluding hydrogens is 226 g/mol. The Balaban J connectivity index is 2.82. The van der Waals surface area contributed by atoms with Crippen LogP contribution in [0.1, 0.15) is 32.9 Å². The van der Waals surface area contributed by atoms with Crippen LogP contribution >= 0.6 is 0 Å². The van der Waals surface area contributed by atoms with E-state index in [0.717, 1.165) is 28.2 Å². The number of rotatable bonds is 2. The zero-order chi connectivity index (χ0) is 13.4. The van der Waals surface area contributed by atoms with Crippen molar-refractivity contribution in [2.75, 3.05) is 0 Å². The molecule has 0 aliphatic carbocycles. The van der Waals surface area contributed by atoms with Gasteiger partial charge in [0, 0.05) is 11.4 Å². The van der Waals surface area contributed by atoms with Crippen molar-refractivity contribution in [1.29, 1.82) is 0 Å². The van der Waals surface area contributed by atoms with E-state index in [2.05, 4.69) is 0 Å². The zero-order valence-corrected chi connectivity index (χ0v) is 11.1. The third-order valence-electron chi connectivity index (χ3n) is 3.17. The predicted molar refractivity (Wildman–Crippen MR) is 71.7 cm³/mol. The maximum atomic E-state index is 11.4. The fourth-order valence-corrected chi connectivity index (χ4v) is 2.44. The fraction of sp³-hybridized carbons (Fsp3) is 0.267. The van der Waals surface area contributed by atoms with Crippen LogP contribution < -0.4 is 0 Å². The zero-order valence-electron chi connectivity index (χ0n) is 11.1. The molecule has 0 fully saturated rings. The smallest absolute Gasteiger partial charge is 0.337 e. The molecule has 94 valence electrons. The highest BCUT2D eigenvalue weighted by Crippen LogP contribution is 2.25. The van der Waals surface area contributed by atoms with E-state index in [9.17, 15) is 9.90 Å². The van der Waals surface area contributed by atoms with Crippen LogP contribution in [0.3, 0.4) is 0 Å². The first-order chi connectivity index (χ1) is 8.41. The van der Waals surface area contributed by atoms with E-state index in [1.807, 2.05) is 50.5 Å². The summed E-state index contributed by atoms with van der Waals surface area (Å²) < 4.78 is 2.00. The molecule has 1 N–H and O–H groups in total. The molecule has 0 saturated carbocycles. The Kier molecular flexibility index (Phi) is 2.99. The van der Waals surface area contributed by atoms with Gasteiger partial charge in [0.2, 0.25) is 0 Å². The molecule has 1 aromatic carbocycles. The van der Waals surface area contributed by atoms with Crippen LogP contribution in [0.25, 0.3) is 5.69 Å². The van der Waals surface area contributed by atoms with Gasteiger partial charge in [0.1, 0.15) is 0 Å². The standard InChI is InChI=1S/C15H17NO2/c1-9-7-10(2)14(13(8-9)15(17)18)16-11(3)5-6-12(16)4/h5-8H,1-4H3,(H,17,18). The maximum Gasteiger partial charge on any atom is 0.337 e. The lowest BCUT2D eigenvalue weighted by molar-refractivity contribution is 0.0696. The van der Waals surface area contributed by atoms with Gasteiger partial charge < -0.3 is 9.67 Å². The van der Waals surface area contributed by atoms with Gasteiger partial charge in [0.25, 0.3) is 0 Å². The Morgan fingerprint density at radius 1 is 1.06 bits per heavy atom. The van der Waals surface area contributed by atoms with Crippen molar-refractivity contribution in [3.05, 3.63) is 52.3 Å². The first kappa shape index (κ1) is 12.4. The lowest BCUT2D eigenvalue weighted by Crippen LogP contribution is -2.10. The molecule has 18 heavy (non-hydrogen) atoms. The van der Waals surface area contributed by atoms with Crippen molar-refractivity contribution in [3.8, 4) is 5.69 Å². The van der Waals surface area contributed by atoms with Gasteiger partial charge in [-0.1, -0.05) is 6.07 Å². The Morgan fingerprint density at radius 2 is 1.61 bits per heavy atom. The number of hydrogen-bond donors (Lipinski definition) is 1. The molecular formula is C15H17NO2. The minimum absolute atomic E-state index is 0.356. The Morgan fingerprint density at radius 3 is 2.11 bits per heavy atom. The van der Waals surface area contributed by atoms with Crippen LogP contribution in [0.5, 0.6) is 0 Å². The van der Waals surface area contributed by atoms with Crippen LogP contribution in [0.4, 0.5) is 0 Å². The normalized spacial score (nSPS) is 10.7. The molecule has 1 aromatic heterocycles. The van der Waals surface area contributed by atoms with Gasteiger partial charge in [-0.2, -0.15) is 0 Å². The fourth-order valence-electron chi connectivity index (χ4n) is 2.44. The highest BCUT2D eigenvalue weighted by molar-refractivity contribution is 5.93. The van der Waals surface area contributed by atoms with Gasteiger partial charge >= 0.3 is 5.97 Å². The quantitative estimate of drug-likeness (QED) is 0.878. The van der Waals surface area contributed by atoms with Gasteiger partial charge in [-0.25, -0.2) is 4.79 Å². The van der Waals surface area contributed by atoms with Crippen LogP contribution in [0.2, 0.25) is 0 Å². The van der Waals surface area contributed by atoms with Gasteiger partial charge in [-0.05, 0) is 57.0 Å². The highest BCUT2D eigenvalue weighted by Gasteiger charge is 2.17. The molecule has 0 bridgehead atoms. The van der Waals surface area contributed by atoms with Gasteiger partial charge in [-0.15, -0.1) is 0 Å². The van der Waals surface area contributed by atoms with Crippen molar-refractivity contribution < 1.29 is 9.90 Å². The highest BCUT2D eigenvalue weighted by atomic mass is 16.4. The summed E-state index contributed by atoms with van der Waals surface area (Å²) in [5.74, 6) is -0.885. The Labute approximate surface area is 107 Å². The summed E-state index contributed by atoms with van der Waals surface area (Å²) in [5.41, 5.74) is 5.16. The van der Waals surface area contributed by atoms with E-state index in [4.69, 9.17) is 0 Å². The van der Waals surface area contributed by atoms with Crippen LogP contribution in [0.15, 0.2) is 24.3 Å². The molecule has 2 aromatic rings. The van der Waals surface area contributed by atoms with Gasteiger partial charge in [-0.3, -0.25) is 0 Å². The topological polar surface area (TPSA) is 42.2 Å². The van der Waals surface area contributed by atoms with E-state index in [1.165, 1.54) is 0 Å².